The topological polar surface area (TPSA) is 89.6 Å². The SMILES string of the molecule is COC(=O)c1ccc(C=CC(=O)O)cc1N. The number of hydrogen-bond acceptors (Lipinski definition) is 4. The zero-order valence-corrected chi connectivity index (χ0v) is 8.64. The van der Waals surface area contributed by atoms with Gasteiger partial charge >= 0.3 is 11.9 Å². The molecule has 0 radical (unpaired) electrons. The highest BCUT2D eigenvalue weighted by Gasteiger charge is 2.09. The van der Waals surface area contributed by atoms with Gasteiger partial charge in [0.25, 0.3) is 0 Å². The number of benzene rings is 1. The van der Waals surface area contributed by atoms with Crippen LogP contribution in [0.2, 0.25) is 0 Å². The summed E-state index contributed by atoms with van der Waals surface area (Å²) in [6.07, 6.45) is 2.38. The Labute approximate surface area is 92.1 Å². The van der Waals surface area contributed by atoms with Crippen molar-refractivity contribution in [3.8, 4) is 0 Å². The van der Waals surface area contributed by atoms with E-state index in [9.17, 15) is 9.59 Å². The normalized spacial score (nSPS) is 10.3. The summed E-state index contributed by atoms with van der Waals surface area (Å²) in [6, 6.07) is 4.58. The molecule has 0 aromatic heterocycles. The van der Waals surface area contributed by atoms with E-state index in [1.807, 2.05) is 0 Å². The zero-order chi connectivity index (χ0) is 12.1. The number of nitrogens with two attached hydrogens (primary N) is 1. The minimum Gasteiger partial charge on any atom is -0.478 e. The second-order valence-electron chi connectivity index (χ2n) is 3.01. The molecule has 1 aromatic rings. The Balaban J connectivity index is 2.99. The summed E-state index contributed by atoms with van der Waals surface area (Å²) in [5.41, 5.74) is 6.73. The molecule has 5 heteroatoms. The lowest BCUT2D eigenvalue weighted by Gasteiger charge is -2.04. The van der Waals surface area contributed by atoms with Gasteiger partial charge in [0.05, 0.1) is 12.7 Å². The summed E-state index contributed by atoms with van der Waals surface area (Å²) < 4.78 is 4.52. The van der Waals surface area contributed by atoms with Crippen molar-refractivity contribution in [2.24, 2.45) is 0 Å². The van der Waals surface area contributed by atoms with Gasteiger partial charge in [0.15, 0.2) is 0 Å². The Morgan fingerprint density at radius 3 is 2.62 bits per heavy atom. The molecule has 0 saturated heterocycles. The molecule has 16 heavy (non-hydrogen) atoms. The Bertz CT molecular complexity index is 451. The van der Waals surface area contributed by atoms with Gasteiger partial charge in [-0.1, -0.05) is 6.07 Å². The number of carboxylic acids is 1. The molecule has 0 unspecified atom stereocenters. The molecule has 0 aliphatic heterocycles. The first-order chi connectivity index (χ1) is 7.54. The molecular formula is C11H11NO4. The molecule has 1 aromatic carbocycles. The van der Waals surface area contributed by atoms with Crippen molar-refractivity contribution in [3.63, 3.8) is 0 Å². The van der Waals surface area contributed by atoms with Crippen molar-refractivity contribution in [1.82, 2.24) is 0 Å². The molecule has 0 bridgehead atoms. The van der Waals surface area contributed by atoms with Crippen LogP contribution in [0.1, 0.15) is 15.9 Å². The van der Waals surface area contributed by atoms with E-state index in [-0.39, 0.29) is 11.3 Å². The second kappa shape index (κ2) is 4.97. The number of carbonyl (C=O) groups is 2. The van der Waals surface area contributed by atoms with Crippen LogP contribution >= 0.6 is 0 Å². The molecule has 0 fully saturated rings. The fourth-order valence-corrected chi connectivity index (χ4v) is 1.15. The van der Waals surface area contributed by atoms with Crippen LogP contribution in [0, 0.1) is 0 Å². The molecule has 0 saturated carbocycles. The van der Waals surface area contributed by atoms with Gasteiger partial charge in [-0.15, -0.1) is 0 Å². The summed E-state index contributed by atoms with van der Waals surface area (Å²) in [5, 5.41) is 8.43. The number of hydrogen-bond donors (Lipinski definition) is 2. The van der Waals surface area contributed by atoms with Gasteiger partial charge in [-0.05, 0) is 23.8 Å². The molecule has 84 valence electrons. The van der Waals surface area contributed by atoms with E-state index < -0.39 is 11.9 Å². The molecule has 0 amide bonds. The minimum atomic E-state index is -1.05. The highest BCUT2D eigenvalue weighted by Crippen LogP contribution is 2.16. The Hall–Kier alpha value is -2.30. The third-order valence-electron chi connectivity index (χ3n) is 1.90. The molecule has 0 heterocycles. The molecule has 1 rings (SSSR count). The molecule has 0 aliphatic carbocycles. The number of esters is 1. The average molecular weight is 221 g/mol. The van der Waals surface area contributed by atoms with Gasteiger partial charge in [0.1, 0.15) is 0 Å². The molecule has 0 atom stereocenters. The van der Waals surface area contributed by atoms with Gasteiger partial charge in [0.2, 0.25) is 0 Å². The van der Waals surface area contributed by atoms with E-state index >= 15 is 0 Å². The third-order valence-corrected chi connectivity index (χ3v) is 1.90. The second-order valence-corrected chi connectivity index (χ2v) is 3.01. The van der Waals surface area contributed by atoms with Crippen LogP contribution in [-0.4, -0.2) is 24.2 Å². The summed E-state index contributed by atoms with van der Waals surface area (Å²) in [6.45, 7) is 0. The lowest BCUT2D eigenvalue weighted by atomic mass is 10.1. The zero-order valence-electron chi connectivity index (χ0n) is 8.64. The van der Waals surface area contributed by atoms with Crippen LogP contribution in [0.3, 0.4) is 0 Å². The van der Waals surface area contributed by atoms with Gasteiger partial charge in [-0.3, -0.25) is 0 Å². The summed E-state index contributed by atoms with van der Waals surface area (Å²) in [7, 11) is 1.26. The van der Waals surface area contributed by atoms with Crippen molar-refractivity contribution < 1.29 is 19.4 Å². The number of nitrogen functional groups attached to an aromatic ring is 1. The molecule has 3 N–H and O–H groups in total. The van der Waals surface area contributed by atoms with Crippen LogP contribution in [0.4, 0.5) is 5.69 Å². The highest BCUT2D eigenvalue weighted by atomic mass is 16.5. The van der Waals surface area contributed by atoms with Gasteiger partial charge in [-0.2, -0.15) is 0 Å². The largest absolute Gasteiger partial charge is 0.478 e. The lowest BCUT2D eigenvalue weighted by Crippen LogP contribution is -2.05. The molecule has 0 aliphatic rings. The van der Waals surface area contributed by atoms with E-state index in [1.165, 1.54) is 25.3 Å². The maximum Gasteiger partial charge on any atom is 0.339 e. The van der Waals surface area contributed by atoms with Crippen LogP contribution in [0.25, 0.3) is 6.08 Å². The predicted molar refractivity (Wildman–Crippen MR) is 58.9 cm³/mol. The number of ether oxygens (including phenoxy) is 1. The first-order valence-electron chi connectivity index (χ1n) is 4.43. The Morgan fingerprint density at radius 1 is 1.44 bits per heavy atom. The summed E-state index contributed by atoms with van der Waals surface area (Å²) in [5.74, 6) is -1.57. The van der Waals surface area contributed by atoms with Crippen molar-refractivity contribution in [2.75, 3.05) is 12.8 Å². The van der Waals surface area contributed by atoms with Crippen molar-refractivity contribution >= 4 is 23.7 Å². The number of carboxylic acid groups (broad SMARTS) is 1. The van der Waals surface area contributed by atoms with E-state index in [4.69, 9.17) is 10.8 Å². The standard InChI is InChI=1S/C11H11NO4/c1-16-11(15)8-4-2-7(6-9(8)12)3-5-10(13)14/h2-6H,12H2,1H3,(H,13,14). The fourth-order valence-electron chi connectivity index (χ4n) is 1.15. The van der Waals surface area contributed by atoms with Crippen molar-refractivity contribution in [2.45, 2.75) is 0 Å². The lowest BCUT2D eigenvalue weighted by molar-refractivity contribution is -0.131. The number of aliphatic carboxylic acids is 1. The number of carbonyl (C=O) groups excluding carboxylic acids is 1. The van der Waals surface area contributed by atoms with Crippen LogP contribution in [-0.2, 0) is 9.53 Å². The Kier molecular flexibility index (Phi) is 3.66. The van der Waals surface area contributed by atoms with Crippen molar-refractivity contribution in [3.05, 3.63) is 35.4 Å². The fraction of sp³-hybridized carbons (Fsp3) is 0.0909. The predicted octanol–water partition coefficient (Wildman–Crippen LogP) is 1.15. The maximum absolute atomic E-state index is 11.2. The number of rotatable bonds is 3. The smallest absolute Gasteiger partial charge is 0.339 e. The van der Waals surface area contributed by atoms with Crippen molar-refractivity contribution in [1.29, 1.82) is 0 Å². The third kappa shape index (κ3) is 2.84. The monoisotopic (exact) mass is 221 g/mol. The van der Waals surface area contributed by atoms with Gasteiger partial charge < -0.3 is 15.6 Å². The first kappa shape index (κ1) is 11.8. The van der Waals surface area contributed by atoms with Gasteiger partial charge in [0, 0.05) is 11.8 Å². The van der Waals surface area contributed by atoms with E-state index in [0.29, 0.717) is 5.56 Å². The summed E-state index contributed by atoms with van der Waals surface area (Å²) in [4.78, 5) is 21.5. The van der Waals surface area contributed by atoms with Gasteiger partial charge in [-0.25, -0.2) is 9.59 Å². The molecule has 0 spiro atoms. The van der Waals surface area contributed by atoms with Crippen LogP contribution in [0.15, 0.2) is 24.3 Å². The highest BCUT2D eigenvalue weighted by molar-refractivity contribution is 5.95. The minimum absolute atomic E-state index is 0.249. The summed E-state index contributed by atoms with van der Waals surface area (Å²) >= 11 is 0. The van der Waals surface area contributed by atoms with E-state index in [0.717, 1.165) is 6.08 Å². The average Bonchev–Trinajstić information content (AvgIpc) is 2.25. The Morgan fingerprint density at radius 2 is 2.12 bits per heavy atom. The van der Waals surface area contributed by atoms with Crippen LogP contribution < -0.4 is 5.73 Å². The number of methoxy groups -OCH3 is 1. The van der Waals surface area contributed by atoms with E-state index in [1.54, 1.807) is 6.07 Å². The number of anilines is 1. The molecule has 5 nitrogen and oxygen atoms in total. The maximum atomic E-state index is 11.2. The quantitative estimate of drug-likeness (QED) is 0.454. The van der Waals surface area contributed by atoms with Crippen LogP contribution in [0.5, 0.6) is 0 Å². The van der Waals surface area contributed by atoms with E-state index in [2.05, 4.69) is 4.74 Å². The first-order valence-corrected chi connectivity index (χ1v) is 4.43. The molecular weight excluding hydrogens is 210 g/mol.